The number of methoxy groups -OCH3 is 1. The molecule has 1 amide bonds. The molecule has 0 aliphatic rings. The van der Waals surface area contributed by atoms with Gasteiger partial charge in [0.2, 0.25) is 0 Å². The maximum absolute atomic E-state index is 11.6. The van der Waals surface area contributed by atoms with Gasteiger partial charge in [-0.3, -0.25) is 4.79 Å². The van der Waals surface area contributed by atoms with Gasteiger partial charge in [0.15, 0.2) is 18.1 Å². The molecule has 0 atom stereocenters. The Labute approximate surface area is 107 Å². The monoisotopic (exact) mass is 253 g/mol. The number of likely N-dealkylation sites (N-methyl/N-ethyl adjacent to an activating group) is 1. The van der Waals surface area contributed by atoms with Crippen LogP contribution in [0.2, 0.25) is 0 Å². The van der Waals surface area contributed by atoms with Gasteiger partial charge in [0, 0.05) is 19.2 Å². The molecule has 0 spiro atoms. The zero-order valence-electron chi connectivity index (χ0n) is 11.0. The summed E-state index contributed by atoms with van der Waals surface area (Å²) in [6.45, 7) is 2.28. The minimum Gasteiger partial charge on any atom is -0.493 e. The molecular formula is C13H19NO4. The molecule has 0 heterocycles. The van der Waals surface area contributed by atoms with Gasteiger partial charge in [-0.2, -0.15) is 0 Å². The van der Waals surface area contributed by atoms with Crippen molar-refractivity contribution in [1.82, 2.24) is 4.90 Å². The lowest BCUT2D eigenvalue weighted by Crippen LogP contribution is -2.31. The Morgan fingerprint density at radius 2 is 2.17 bits per heavy atom. The lowest BCUT2D eigenvalue weighted by atomic mass is 10.2. The summed E-state index contributed by atoms with van der Waals surface area (Å²) in [5.41, 5.74) is 0.598. The highest BCUT2D eigenvalue weighted by molar-refractivity contribution is 5.77. The molecule has 1 aromatic rings. The van der Waals surface area contributed by atoms with Gasteiger partial charge in [0.1, 0.15) is 0 Å². The first kappa shape index (κ1) is 14.3. The number of ether oxygens (including phenoxy) is 2. The first-order valence-corrected chi connectivity index (χ1v) is 5.77. The largest absolute Gasteiger partial charge is 0.493 e. The maximum Gasteiger partial charge on any atom is 0.260 e. The first-order chi connectivity index (χ1) is 8.63. The molecule has 5 nitrogen and oxygen atoms in total. The molecule has 18 heavy (non-hydrogen) atoms. The summed E-state index contributed by atoms with van der Waals surface area (Å²) in [6.07, 6.45) is 0. The van der Waals surface area contributed by atoms with Crippen LogP contribution in [0, 0.1) is 0 Å². The van der Waals surface area contributed by atoms with Crippen molar-refractivity contribution in [1.29, 1.82) is 0 Å². The smallest absolute Gasteiger partial charge is 0.260 e. The van der Waals surface area contributed by atoms with Crippen molar-refractivity contribution in [3.8, 4) is 11.5 Å². The predicted octanol–water partition coefficient (Wildman–Crippen LogP) is 1.04. The van der Waals surface area contributed by atoms with E-state index in [9.17, 15) is 9.90 Å². The number of hydrogen-bond acceptors (Lipinski definition) is 4. The molecule has 0 saturated carbocycles. The zero-order chi connectivity index (χ0) is 13.5. The van der Waals surface area contributed by atoms with E-state index in [-0.39, 0.29) is 19.1 Å². The van der Waals surface area contributed by atoms with E-state index in [0.717, 1.165) is 0 Å². The number of benzene rings is 1. The van der Waals surface area contributed by atoms with E-state index in [1.807, 2.05) is 6.92 Å². The molecular weight excluding hydrogens is 234 g/mol. The Balaban J connectivity index is 2.80. The van der Waals surface area contributed by atoms with E-state index in [1.54, 1.807) is 30.1 Å². The van der Waals surface area contributed by atoms with Gasteiger partial charge in [0.25, 0.3) is 5.91 Å². The number of amides is 1. The summed E-state index contributed by atoms with van der Waals surface area (Å²) in [5.74, 6) is 0.807. The summed E-state index contributed by atoms with van der Waals surface area (Å²) >= 11 is 0. The molecule has 0 radical (unpaired) electrons. The molecule has 0 unspecified atom stereocenters. The lowest BCUT2D eigenvalue weighted by molar-refractivity contribution is -0.131. The van der Waals surface area contributed by atoms with Gasteiger partial charge in [-0.25, -0.2) is 0 Å². The number of aliphatic hydroxyl groups excluding tert-OH is 1. The molecule has 0 aliphatic heterocycles. The van der Waals surface area contributed by atoms with Crippen LogP contribution in [0.1, 0.15) is 12.5 Å². The highest BCUT2D eigenvalue weighted by Crippen LogP contribution is 2.30. The molecule has 1 N–H and O–H groups in total. The fourth-order valence-corrected chi connectivity index (χ4v) is 1.43. The molecule has 0 fully saturated rings. The van der Waals surface area contributed by atoms with Crippen LogP contribution in [0.4, 0.5) is 0 Å². The predicted molar refractivity (Wildman–Crippen MR) is 67.7 cm³/mol. The van der Waals surface area contributed by atoms with Crippen molar-refractivity contribution in [3.05, 3.63) is 23.8 Å². The van der Waals surface area contributed by atoms with E-state index in [4.69, 9.17) is 9.47 Å². The molecule has 0 aliphatic carbocycles. The second-order valence-corrected chi connectivity index (χ2v) is 3.80. The molecule has 0 saturated heterocycles. The average Bonchev–Trinajstić information content (AvgIpc) is 2.43. The highest BCUT2D eigenvalue weighted by atomic mass is 16.5. The number of hydrogen-bond donors (Lipinski definition) is 1. The number of rotatable bonds is 6. The zero-order valence-corrected chi connectivity index (χ0v) is 11.0. The standard InChI is InChI=1S/C13H19NO4/c1-4-14(2)12(16)9-18-13-10(8-15)6-5-7-11(13)17-3/h5-7,15H,4,8-9H2,1-3H3. The van der Waals surface area contributed by atoms with Crippen molar-refractivity contribution < 1.29 is 19.4 Å². The van der Waals surface area contributed by atoms with Gasteiger partial charge in [-0.15, -0.1) is 0 Å². The van der Waals surface area contributed by atoms with Crippen molar-refractivity contribution >= 4 is 5.91 Å². The topological polar surface area (TPSA) is 59.0 Å². The van der Waals surface area contributed by atoms with E-state index in [0.29, 0.717) is 23.6 Å². The minimum atomic E-state index is -0.162. The van der Waals surface area contributed by atoms with Crippen LogP contribution >= 0.6 is 0 Å². The van der Waals surface area contributed by atoms with Crippen molar-refractivity contribution in [3.63, 3.8) is 0 Å². The van der Waals surface area contributed by atoms with E-state index < -0.39 is 0 Å². The SMILES string of the molecule is CCN(C)C(=O)COc1c(CO)cccc1OC. The van der Waals surface area contributed by atoms with E-state index in [2.05, 4.69) is 0 Å². The van der Waals surface area contributed by atoms with Crippen molar-refractivity contribution in [2.75, 3.05) is 27.3 Å². The molecule has 1 aromatic carbocycles. The minimum absolute atomic E-state index is 0.0717. The van der Waals surface area contributed by atoms with Crippen LogP contribution in [-0.2, 0) is 11.4 Å². The highest BCUT2D eigenvalue weighted by Gasteiger charge is 2.13. The number of carbonyl (C=O) groups excluding carboxylic acids is 1. The third-order valence-electron chi connectivity index (χ3n) is 2.69. The van der Waals surface area contributed by atoms with Gasteiger partial charge < -0.3 is 19.5 Å². The van der Waals surface area contributed by atoms with Crippen LogP contribution in [0.15, 0.2) is 18.2 Å². The van der Waals surface area contributed by atoms with Crippen molar-refractivity contribution in [2.45, 2.75) is 13.5 Å². The second-order valence-electron chi connectivity index (χ2n) is 3.80. The maximum atomic E-state index is 11.6. The molecule has 100 valence electrons. The number of nitrogens with zero attached hydrogens (tertiary/aromatic N) is 1. The summed E-state index contributed by atoms with van der Waals surface area (Å²) in [4.78, 5) is 13.2. The fourth-order valence-electron chi connectivity index (χ4n) is 1.43. The number of para-hydroxylation sites is 1. The molecule has 5 heteroatoms. The summed E-state index contributed by atoms with van der Waals surface area (Å²) in [6, 6.07) is 5.21. The summed E-state index contributed by atoms with van der Waals surface area (Å²) < 4.78 is 10.6. The van der Waals surface area contributed by atoms with Gasteiger partial charge in [-0.1, -0.05) is 12.1 Å². The molecule has 1 rings (SSSR count). The van der Waals surface area contributed by atoms with Crippen LogP contribution in [0.25, 0.3) is 0 Å². The Bertz CT molecular complexity index is 384. The Kier molecular flexibility index (Phi) is 5.45. The van der Waals surface area contributed by atoms with Crippen LogP contribution < -0.4 is 9.47 Å². The van der Waals surface area contributed by atoms with Crippen LogP contribution in [0.5, 0.6) is 11.5 Å². The van der Waals surface area contributed by atoms with Crippen LogP contribution in [0.3, 0.4) is 0 Å². The third kappa shape index (κ3) is 3.37. The first-order valence-electron chi connectivity index (χ1n) is 5.77. The summed E-state index contributed by atoms with van der Waals surface area (Å²) in [7, 11) is 3.23. The van der Waals surface area contributed by atoms with Gasteiger partial charge >= 0.3 is 0 Å². The number of aliphatic hydroxyl groups is 1. The van der Waals surface area contributed by atoms with E-state index in [1.165, 1.54) is 7.11 Å². The Morgan fingerprint density at radius 1 is 1.44 bits per heavy atom. The van der Waals surface area contributed by atoms with Crippen molar-refractivity contribution in [2.24, 2.45) is 0 Å². The average molecular weight is 253 g/mol. The second kappa shape index (κ2) is 6.86. The normalized spacial score (nSPS) is 10.0. The Morgan fingerprint density at radius 3 is 2.72 bits per heavy atom. The Hall–Kier alpha value is -1.75. The fraction of sp³-hybridized carbons (Fsp3) is 0.462. The van der Waals surface area contributed by atoms with E-state index >= 15 is 0 Å². The third-order valence-corrected chi connectivity index (χ3v) is 2.69. The lowest BCUT2D eigenvalue weighted by Gasteiger charge is -2.17. The number of carbonyl (C=O) groups is 1. The molecule has 0 aromatic heterocycles. The summed E-state index contributed by atoms with van der Waals surface area (Å²) in [5, 5.41) is 9.23. The molecule has 0 bridgehead atoms. The van der Waals surface area contributed by atoms with Crippen LogP contribution in [-0.4, -0.2) is 43.2 Å². The van der Waals surface area contributed by atoms with Gasteiger partial charge in [0.05, 0.1) is 13.7 Å². The quantitative estimate of drug-likeness (QED) is 0.823. The van der Waals surface area contributed by atoms with Gasteiger partial charge in [-0.05, 0) is 13.0 Å².